The van der Waals surface area contributed by atoms with Crippen LogP contribution in [0.4, 0.5) is 0 Å². The molecule has 0 spiro atoms. The number of aliphatic hydroxyl groups is 1. The highest BCUT2D eigenvalue weighted by molar-refractivity contribution is 5.88. The summed E-state index contributed by atoms with van der Waals surface area (Å²) < 4.78 is 23.1. The van der Waals surface area contributed by atoms with Crippen LogP contribution >= 0.6 is 0 Å². The van der Waals surface area contributed by atoms with E-state index in [9.17, 15) is 14.7 Å². The van der Waals surface area contributed by atoms with Gasteiger partial charge in [0, 0.05) is 23.5 Å². The first-order valence-electron chi connectivity index (χ1n) is 11.3. The van der Waals surface area contributed by atoms with Gasteiger partial charge in [0.15, 0.2) is 0 Å². The lowest BCUT2D eigenvalue weighted by atomic mass is 9.73. The number of esters is 2. The fourth-order valence-electron chi connectivity index (χ4n) is 4.28. The normalized spacial score (nSPS) is 36.6. The van der Waals surface area contributed by atoms with Crippen LogP contribution in [-0.2, 0) is 28.5 Å². The Balaban J connectivity index is 1.85. The van der Waals surface area contributed by atoms with Crippen LogP contribution in [-0.4, -0.2) is 58.8 Å². The molecule has 7 atom stereocenters. The van der Waals surface area contributed by atoms with Crippen LogP contribution < -0.4 is 0 Å². The topological polar surface area (TPSA) is 97.9 Å². The fraction of sp³-hybridized carbons (Fsp3) is 0.680. The Morgan fingerprint density at radius 1 is 1.12 bits per heavy atom. The Morgan fingerprint density at radius 2 is 1.69 bits per heavy atom. The highest BCUT2D eigenvalue weighted by Crippen LogP contribution is 2.53. The van der Waals surface area contributed by atoms with Crippen molar-refractivity contribution in [2.24, 2.45) is 5.92 Å². The van der Waals surface area contributed by atoms with Crippen molar-refractivity contribution in [1.82, 2.24) is 0 Å². The van der Waals surface area contributed by atoms with Crippen molar-refractivity contribution in [1.29, 1.82) is 0 Å². The zero-order valence-electron chi connectivity index (χ0n) is 20.1. The van der Waals surface area contributed by atoms with E-state index in [0.29, 0.717) is 29.6 Å². The summed E-state index contributed by atoms with van der Waals surface area (Å²) in [5, 5.41) is 11.0. The molecule has 2 saturated heterocycles. The second-order valence-electron chi connectivity index (χ2n) is 9.81. The monoisotopic (exact) mass is 448 g/mol. The molecule has 0 aromatic rings. The van der Waals surface area contributed by atoms with Crippen LogP contribution in [0.1, 0.15) is 61.3 Å². The quantitative estimate of drug-likeness (QED) is 0.263. The van der Waals surface area contributed by atoms with Gasteiger partial charge in [-0.05, 0) is 60.5 Å². The lowest BCUT2D eigenvalue weighted by Gasteiger charge is -2.38. The van der Waals surface area contributed by atoms with Gasteiger partial charge in [-0.2, -0.15) is 0 Å². The maximum absolute atomic E-state index is 12.6. The van der Waals surface area contributed by atoms with Gasteiger partial charge in [0.2, 0.25) is 0 Å². The molecule has 0 radical (unpaired) electrons. The molecule has 32 heavy (non-hydrogen) atoms. The Bertz CT molecular complexity index is 854. The second kappa shape index (κ2) is 8.76. The van der Waals surface area contributed by atoms with E-state index in [-0.39, 0.29) is 17.8 Å². The first kappa shape index (κ1) is 24.7. The average Bonchev–Trinajstić information content (AvgIpc) is 3.60. The smallest absolute Gasteiger partial charge is 0.333 e. The molecule has 178 valence electrons. The molecule has 3 aliphatic rings. The van der Waals surface area contributed by atoms with Crippen molar-refractivity contribution in [3.63, 3.8) is 0 Å². The molecule has 7 nitrogen and oxygen atoms in total. The Labute approximate surface area is 190 Å². The summed E-state index contributed by atoms with van der Waals surface area (Å²) in [7, 11) is 0. The van der Waals surface area contributed by atoms with Gasteiger partial charge < -0.3 is 24.1 Å². The van der Waals surface area contributed by atoms with Gasteiger partial charge in [0.05, 0.1) is 17.8 Å². The predicted octanol–water partition coefficient (Wildman–Crippen LogP) is 3.40. The summed E-state index contributed by atoms with van der Waals surface area (Å²) in [5.74, 6) is -1.36. The molecule has 2 aliphatic heterocycles. The minimum Gasteiger partial charge on any atom is -0.456 e. The van der Waals surface area contributed by atoms with E-state index in [2.05, 4.69) is 6.58 Å². The standard InChI is InChI=1S/C25H36O7/c1-9-13(3)22(27)29-17(12-18-24(6,7)31-18)15(5)16-11-19-25(8,32-19)21(26)20(16)30-23(28)14(4)10-2/h9-10,16-21,26H,5,11-12H2,1-4,6-8H3/b13-9-,14-10-/t16-,17-,18+,19-,20+,21+,25-/m0/s1. The SMILES string of the molecule is C=C([C@H](C[C@H]1OC1(C)C)OC(=O)/C(C)=C\C)[C@@H]1C[C@@H]2O[C@]2(C)[C@H](O)[C@@H]1OC(=O)/C(C)=C\C. The number of carbonyl (C=O) groups excluding carboxylic acids is 2. The number of carbonyl (C=O) groups is 2. The summed E-state index contributed by atoms with van der Waals surface area (Å²) in [4.78, 5) is 25.1. The number of fused-ring (bicyclic) bond motifs is 1. The van der Waals surface area contributed by atoms with Gasteiger partial charge in [0.25, 0.3) is 0 Å². The molecule has 7 heteroatoms. The number of aliphatic hydroxyl groups excluding tert-OH is 1. The van der Waals surface area contributed by atoms with Crippen LogP contribution in [0, 0.1) is 5.92 Å². The minimum absolute atomic E-state index is 0.0785. The van der Waals surface area contributed by atoms with Crippen LogP contribution in [0.25, 0.3) is 0 Å². The van der Waals surface area contributed by atoms with E-state index in [0.717, 1.165) is 0 Å². The molecule has 0 aromatic carbocycles. The van der Waals surface area contributed by atoms with Crippen molar-refractivity contribution in [2.75, 3.05) is 0 Å². The second-order valence-corrected chi connectivity index (χ2v) is 9.81. The lowest BCUT2D eigenvalue weighted by Crippen LogP contribution is -2.52. The molecule has 0 amide bonds. The van der Waals surface area contributed by atoms with Gasteiger partial charge >= 0.3 is 11.9 Å². The summed E-state index contributed by atoms with van der Waals surface area (Å²) in [6.45, 7) is 16.9. The van der Waals surface area contributed by atoms with Gasteiger partial charge in [0.1, 0.15) is 23.9 Å². The first-order chi connectivity index (χ1) is 14.9. The highest BCUT2D eigenvalue weighted by Gasteiger charge is 2.66. The summed E-state index contributed by atoms with van der Waals surface area (Å²) in [5.41, 5.74) is 0.499. The summed E-state index contributed by atoms with van der Waals surface area (Å²) >= 11 is 0. The number of ether oxygens (including phenoxy) is 4. The Morgan fingerprint density at radius 3 is 2.22 bits per heavy atom. The Hall–Kier alpha value is -1.96. The number of allylic oxidation sites excluding steroid dienone is 2. The van der Waals surface area contributed by atoms with Gasteiger partial charge in [-0.15, -0.1) is 0 Å². The molecule has 0 bridgehead atoms. The summed E-state index contributed by atoms with van der Waals surface area (Å²) in [6, 6.07) is 0. The van der Waals surface area contributed by atoms with Crippen molar-refractivity contribution >= 4 is 11.9 Å². The number of rotatable bonds is 8. The largest absolute Gasteiger partial charge is 0.456 e. The predicted molar refractivity (Wildman–Crippen MR) is 119 cm³/mol. The van der Waals surface area contributed by atoms with Crippen LogP contribution in [0.2, 0.25) is 0 Å². The van der Waals surface area contributed by atoms with E-state index in [1.54, 1.807) is 39.8 Å². The first-order valence-corrected chi connectivity index (χ1v) is 11.3. The molecule has 3 rings (SSSR count). The van der Waals surface area contributed by atoms with Gasteiger partial charge in [-0.1, -0.05) is 18.7 Å². The molecule has 1 saturated carbocycles. The third kappa shape index (κ3) is 4.70. The zero-order chi connectivity index (χ0) is 24.0. The van der Waals surface area contributed by atoms with Crippen LogP contribution in [0.5, 0.6) is 0 Å². The average molecular weight is 449 g/mol. The molecule has 1 N–H and O–H groups in total. The lowest BCUT2D eigenvalue weighted by molar-refractivity contribution is -0.160. The number of epoxide rings is 2. The molecule has 0 aromatic heterocycles. The molecule has 1 aliphatic carbocycles. The van der Waals surface area contributed by atoms with Crippen molar-refractivity contribution in [2.45, 2.75) is 103 Å². The number of hydrogen-bond acceptors (Lipinski definition) is 7. The third-order valence-electron chi connectivity index (χ3n) is 7.23. The van der Waals surface area contributed by atoms with E-state index >= 15 is 0 Å². The van der Waals surface area contributed by atoms with E-state index in [1.165, 1.54) is 0 Å². The maximum Gasteiger partial charge on any atom is 0.333 e. The maximum atomic E-state index is 12.6. The molecule has 0 unspecified atom stereocenters. The van der Waals surface area contributed by atoms with E-state index in [1.807, 2.05) is 20.8 Å². The van der Waals surface area contributed by atoms with Crippen molar-refractivity contribution < 1.29 is 33.6 Å². The molecular weight excluding hydrogens is 412 g/mol. The fourth-order valence-corrected chi connectivity index (χ4v) is 4.28. The third-order valence-corrected chi connectivity index (χ3v) is 7.23. The van der Waals surface area contributed by atoms with Crippen molar-refractivity contribution in [3.05, 3.63) is 35.5 Å². The van der Waals surface area contributed by atoms with E-state index in [4.69, 9.17) is 18.9 Å². The Kier molecular flexibility index (Phi) is 6.76. The van der Waals surface area contributed by atoms with E-state index < -0.39 is 41.8 Å². The van der Waals surface area contributed by atoms with Crippen LogP contribution in [0.3, 0.4) is 0 Å². The number of hydrogen-bond donors (Lipinski definition) is 1. The highest BCUT2D eigenvalue weighted by atomic mass is 16.6. The zero-order valence-corrected chi connectivity index (χ0v) is 20.1. The van der Waals surface area contributed by atoms with Gasteiger partial charge in [-0.3, -0.25) is 0 Å². The molecular formula is C25H36O7. The minimum atomic E-state index is -1.01. The molecule has 3 fully saturated rings. The van der Waals surface area contributed by atoms with Crippen LogP contribution in [0.15, 0.2) is 35.5 Å². The van der Waals surface area contributed by atoms with Crippen molar-refractivity contribution in [3.8, 4) is 0 Å². The summed E-state index contributed by atoms with van der Waals surface area (Å²) in [6.07, 6.45) is 1.56. The molecule has 2 heterocycles. The van der Waals surface area contributed by atoms with Gasteiger partial charge in [-0.25, -0.2) is 9.59 Å².